The third kappa shape index (κ3) is 14.4. The second kappa shape index (κ2) is 12.9. The summed E-state index contributed by atoms with van der Waals surface area (Å²) in [4.78, 5) is 50.5. The summed E-state index contributed by atoms with van der Waals surface area (Å²) >= 11 is 0. The monoisotopic (exact) mass is 430 g/mol. The molecule has 0 heterocycles. The molecular weight excluding hydrogens is 404 g/mol. The van der Waals surface area contributed by atoms with Gasteiger partial charge in [0, 0.05) is 19.8 Å². The largest absolute Gasteiger partial charge is 0.481 e. The van der Waals surface area contributed by atoms with E-state index in [4.69, 9.17) is 20.0 Å². The lowest BCUT2D eigenvalue weighted by molar-refractivity contribution is -0.142. The van der Waals surface area contributed by atoms with Crippen molar-refractivity contribution in [2.45, 2.75) is 51.2 Å². The molecule has 27 heavy (non-hydrogen) atoms. The lowest BCUT2D eigenvalue weighted by atomic mass is 10.1. The third-order valence-electron chi connectivity index (χ3n) is 3.57. The Hall–Kier alpha value is -1.38. The number of amides is 1. The molecule has 0 aromatic heterocycles. The molecule has 0 bridgehead atoms. The quantitative estimate of drug-likeness (QED) is 0.188. The molecule has 0 aromatic rings. The van der Waals surface area contributed by atoms with Gasteiger partial charge in [0.2, 0.25) is 11.7 Å². The van der Waals surface area contributed by atoms with Crippen LogP contribution in [0.15, 0.2) is 0 Å². The minimum atomic E-state index is -4.48. The van der Waals surface area contributed by atoms with E-state index in [1.807, 2.05) is 0 Å². The SMILES string of the molecule is CC(NC(=O)CCCCCOP(=O)(O)O)[P+](=O)CC(CCC(=O)O)C(=O)O. The Morgan fingerprint density at radius 3 is 2.26 bits per heavy atom. The molecule has 0 rings (SSSR count). The Morgan fingerprint density at radius 1 is 1.11 bits per heavy atom. The van der Waals surface area contributed by atoms with Gasteiger partial charge in [-0.1, -0.05) is 11.0 Å². The van der Waals surface area contributed by atoms with Gasteiger partial charge in [0.05, 0.1) is 6.61 Å². The standard InChI is InChI=1S/C14H25NO10P2/c1-10(26(21)9-11(14(19)20)6-7-13(17)18)15-12(16)5-3-2-4-8-25-27(22,23)24/h10-11H,2-9H2,1H3,(H4-,15,16,17,18,19,20,22,23,24)/p+1. The van der Waals surface area contributed by atoms with Crippen molar-refractivity contribution in [3.05, 3.63) is 0 Å². The first-order valence-electron chi connectivity index (χ1n) is 8.30. The van der Waals surface area contributed by atoms with Crippen molar-refractivity contribution < 1.29 is 48.0 Å². The maximum Gasteiger partial charge on any atom is 0.469 e. The average Bonchev–Trinajstić information content (AvgIpc) is 2.52. The van der Waals surface area contributed by atoms with Crippen molar-refractivity contribution >= 4 is 33.5 Å². The number of carbonyl (C=O) groups is 3. The van der Waals surface area contributed by atoms with Crippen LogP contribution in [0.1, 0.15) is 45.4 Å². The second-order valence-corrected chi connectivity index (χ2v) is 9.16. The summed E-state index contributed by atoms with van der Waals surface area (Å²) in [5, 5.41) is 20.2. The number of aliphatic carboxylic acids is 2. The number of rotatable bonds is 15. The van der Waals surface area contributed by atoms with Crippen LogP contribution in [0.2, 0.25) is 0 Å². The van der Waals surface area contributed by atoms with E-state index < -0.39 is 39.3 Å². The highest BCUT2D eigenvalue weighted by atomic mass is 31.2. The molecule has 13 heteroatoms. The predicted molar refractivity (Wildman–Crippen MR) is 94.5 cm³/mol. The van der Waals surface area contributed by atoms with Crippen molar-refractivity contribution in [1.82, 2.24) is 5.32 Å². The predicted octanol–water partition coefficient (Wildman–Crippen LogP) is 1.51. The number of nitrogens with one attached hydrogen (secondary N) is 1. The zero-order valence-electron chi connectivity index (χ0n) is 14.9. The lowest BCUT2D eigenvalue weighted by Gasteiger charge is -2.09. The Kier molecular flexibility index (Phi) is 12.2. The highest BCUT2D eigenvalue weighted by molar-refractivity contribution is 7.46. The second-order valence-electron chi connectivity index (χ2n) is 5.95. The first kappa shape index (κ1) is 25.6. The molecular formula is C14H26NO10P2+. The van der Waals surface area contributed by atoms with Crippen LogP contribution in [0.25, 0.3) is 0 Å². The topological polar surface area (TPSA) is 188 Å². The van der Waals surface area contributed by atoms with E-state index in [1.165, 1.54) is 6.92 Å². The van der Waals surface area contributed by atoms with E-state index in [9.17, 15) is 23.5 Å². The molecule has 0 saturated carbocycles. The number of unbranched alkanes of at least 4 members (excludes halogenated alkanes) is 2. The number of carboxylic acid groups (broad SMARTS) is 2. The van der Waals surface area contributed by atoms with Crippen LogP contribution in [0.3, 0.4) is 0 Å². The Morgan fingerprint density at radius 2 is 1.74 bits per heavy atom. The molecule has 0 aromatic carbocycles. The van der Waals surface area contributed by atoms with E-state index in [2.05, 4.69) is 9.84 Å². The van der Waals surface area contributed by atoms with Crippen LogP contribution < -0.4 is 5.32 Å². The average molecular weight is 430 g/mol. The van der Waals surface area contributed by atoms with Gasteiger partial charge in [0.25, 0.3) is 0 Å². The number of carbonyl (C=O) groups excluding carboxylic acids is 1. The van der Waals surface area contributed by atoms with E-state index in [0.29, 0.717) is 19.3 Å². The summed E-state index contributed by atoms with van der Waals surface area (Å²) in [5.74, 6) is -4.55. The van der Waals surface area contributed by atoms with Crippen molar-refractivity contribution in [3.63, 3.8) is 0 Å². The molecule has 0 aliphatic heterocycles. The third-order valence-corrected chi connectivity index (χ3v) is 5.88. The molecule has 11 nitrogen and oxygen atoms in total. The molecule has 3 atom stereocenters. The van der Waals surface area contributed by atoms with Crippen molar-refractivity contribution in [2.24, 2.45) is 5.92 Å². The summed E-state index contributed by atoms with van der Waals surface area (Å²) in [6, 6.07) is 0. The minimum absolute atomic E-state index is 0.116. The Balaban J connectivity index is 4.14. The van der Waals surface area contributed by atoms with Crippen LogP contribution in [-0.2, 0) is 28.0 Å². The zero-order chi connectivity index (χ0) is 21.0. The van der Waals surface area contributed by atoms with Crippen molar-refractivity contribution in [1.29, 1.82) is 0 Å². The molecule has 3 unspecified atom stereocenters. The number of hydrogen-bond donors (Lipinski definition) is 5. The number of carboxylic acids is 2. The summed E-state index contributed by atoms with van der Waals surface area (Å²) in [5.41, 5.74) is 0. The van der Waals surface area contributed by atoms with Crippen LogP contribution in [-0.4, -0.2) is 56.4 Å². The summed E-state index contributed by atoms with van der Waals surface area (Å²) in [7, 11) is -6.56. The number of hydrogen-bond acceptors (Lipinski definition) is 6. The van der Waals surface area contributed by atoms with E-state index >= 15 is 0 Å². The fourth-order valence-corrected chi connectivity index (χ4v) is 3.84. The summed E-state index contributed by atoms with van der Waals surface area (Å²) < 4.78 is 26.9. The van der Waals surface area contributed by atoms with E-state index in [0.717, 1.165) is 0 Å². The molecule has 0 spiro atoms. The van der Waals surface area contributed by atoms with Crippen LogP contribution >= 0.6 is 15.6 Å². The van der Waals surface area contributed by atoms with Gasteiger partial charge in [-0.3, -0.25) is 18.9 Å². The van der Waals surface area contributed by atoms with Gasteiger partial charge in [-0.2, -0.15) is 0 Å². The van der Waals surface area contributed by atoms with E-state index in [-0.39, 0.29) is 37.9 Å². The molecule has 0 fully saturated rings. The molecule has 0 saturated heterocycles. The molecule has 1 amide bonds. The van der Waals surface area contributed by atoms with E-state index in [1.54, 1.807) is 0 Å². The maximum atomic E-state index is 12.2. The van der Waals surface area contributed by atoms with Gasteiger partial charge in [0.1, 0.15) is 5.92 Å². The van der Waals surface area contributed by atoms with Gasteiger partial charge in [-0.15, -0.1) is 0 Å². The fourth-order valence-electron chi connectivity index (χ4n) is 2.09. The normalized spacial score (nSPS) is 14.3. The van der Waals surface area contributed by atoms with Gasteiger partial charge in [-0.25, -0.2) is 4.57 Å². The molecule has 0 aliphatic carbocycles. The van der Waals surface area contributed by atoms with Crippen LogP contribution in [0, 0.1) is 5.92 Å². The van der Waals surface area contributed by atoms with Crippen molar-refractivity contribution in [3.8, 4) is 0 Å². The van der Waals surface area contributed by atoms with Crippen LogP contribution in [0.4, 0.5) is 0 Å². The number of phosphoric acid groups is 1. The zero-order valence-corrected chi connectivity index (χ0v) is 16.7. The maximum absolute atomic E-state index is 12.2. The summed E-state index contributed by atoms with van der Waals surface area (Å²) in [6.45, 7) is 1.36. The van der Waals surface area contributed by atoms with Gasteiger partial charge in [0.15, 0.2) is 6.16 Å². The van der Waals surface area contributed by atoms with Gasteiger partial charge >= 0.3 is 27.6 Å². The summed E-state index contributed by atoms with van der Waals surface area (Å²) in [6.07, 6.45) is 0.728. The van der Waals surface area contributed by atoms with Crippen LogP contribution in [0.5, 0.6) is 0 Å². The Bertz CT molecular complexity index is 576. The molecule has 156 valence electrons. The highest BCUT2D eigenvalue weighted by Gasteiger charge is 2.34. The minimum Gasteiger partial charge on any atom is -0.481 e. The molecule has 0 radical (unpaired) electrons. The smallest absolute Gasteiger partial charge is 0.469 e. The molecule has 5 N–H and O–H groups in total. The fraction of sp³-hybridized carbons (Fsp3) is 0.786. The first-order chi connectivity index (χ1) is 12.4. The first-order valence-corrected chi connectivity index (χ1v) is 11.3. The number of phosphoric ester groups is 1. The lowest BCUT2D eigenvalue weighted by Crippen LogP contribution is -2.31. The molecule has 0 aliphatic rings. The van der Waals surface area contributed by atoms with Gasteiger partial charge < -0.3 is 25.3 Å². The van der Waals surface area contributed by atoms with Crippen molar-refractivity contribution in [2.75, 3.05) is 12.8 Å². The Labute approximate surface area is 157 Å². The van der Waals surface area contributed by atoms with Gasteiger partial charge in [-0.05, 0) is 19.3 Å². The highest BCUT2D eigenvalue weighted by Crippen LogP contribution is 2.35.